The molecule has 2 heterocycles. The summed E-state index contributed by atoms with van der Waals surface area (Å²) in [6, 6.07) is 10.8. The van der Waals surface area contributed by atoms with Gasteiger partial charge in [-0.3, -0.25) is 9.59 Å². The second-order valence-corrected chi connectivity index (χ2v) is 7.75. The van der Waals surface area contributed by atoms with Gasteiger partial charge >= 0.3 is 0 Å². The maximum absolute atomic E-state index is 14.7. The van der Waals surface area contributed by atoms with Crippen molar-refractivity contribution in [2.75, 3.05) is 27.2 Å². The largest absolute Gasteiger partial charge is 0.450 e. The number of fused-ring (bicyclic) bond motifs is 2. The molecule has 0 bridgehead atoms. The second kappa shape index (κ2) is 7.44. The molecule has 2 aromatic carbocycles. The quantitative estimate of drug-likeness (QED) is 0.662. The Morgan fingerprint density at radius 2 is 1.90 bits per heavy atom. The summed E-state index contributed by atoms with van der Waals surface area (Å²) in [5.74, 6) is -0.796. The summed E-state index contributed by atoms with van der Waals surface area (Å²) in [6.45, 7) is 3.06. The maximum atomic E-state index is 14.7. The summed E-state index contributed by atoms with van der Waals surface area (Å²) < 4.78 is 20.6. The van der Waals surface area contributed by atoms with E-state index >= 15 is 0 Å². The summed E-state index contributed by atoms with van der Waals surface area (Å²) in [7, 11) is 3.91. The van der Waals surface area contributed by atoms with Crippen LogP contribution in [0.5, 0.6) is 0 Å². The third-order valence-electron chi connectivity index (χ3n) is 5.33. The summed E-state index contributed by atoms with van der Waals surface area (Å²) >= 11 is 0. The van der Waals surface area contributed by atoms with E-state index in [4.69, 9.17) is 4.42 Å². The molecule has 0 aliphatic carbocycles. The van der Waals surface area contributed by atoms with Gasteiger partial charge in [-0.15, -0.1) is 0 Å². The van der Waals surface area contributed by atoms with Crippen molar-refractivity contribution >= 4 is 16.9 Å². The van der Waals surface area contributed by atoms with E-state index in [9.17, 15) is 14.0 Å². The summed E-state index contributed by atoms with van der Waals surface area (Å²) in [5, 5.41) is 0.410. The van der Waals surface area contributed by atoms with Gasteiger partial charge < -0.3 is 14.2 Å². The summed E-state index contributed by atoms with van der Waals surface area (Å²) in [4.78, 5) is 30.1. The van der Waals surface area contributed by atoms with E-state index in [2.05, 4.69) is 0 Å². The van der Waals surface area contributed by atoms with Crippen LogP contribution in [0, 0.1) is 12.7 Å². The minimum absolute atomic E-state index is 0.0180. The van der Waals surface area contributed by atoms with E-state index in [1.807, 2.05) is 32.0 Å². The van der Waals surface area contributed by atoms with Crippen LogP contribution in [0.4, 0.5) is 4.39 Å². The molecule has 1 amide bonds. The number of carbonyl (C=O) groups is 1. The molecule has 0 N–H and O–H groups in total. The second-order valence-electron chi connectivity index (χ2n) is 7.75. The molecule has 0 spiro atoms. The molecule has 3 aromatic rings. The number of hydrogen-bond donors (Lipinski definition) is 0. The third-order valence-corrected chi connectivity index (χ3v) is 5.33. The fraction of sp³-hybridized carbons (Fsp3) is 0.304. The van der Waals surface area contributed by atoms with Gasteiger partial charge in [-0.1, -0.05) is 29.8 Å². The Bertz CT molecular complexity index is 1150. The Morgan fingerprint density at radius 1 is 1.14 bits per heavy atom. The van der Waals surface area contributed by atoms with Gasteiger partial charge in [-0.25, -0.2) is 4.39 Å². The van der Waals surface area contributed by atoms with Crippen molar-refractivity contribution in [2.24, 2.45) is 0 Å². The minimum Gasteiger partial charge on any atom is -0.450 e. The summed E-state index contributed by atoms with van der Waals surface area (Å²) in [5.41, 5.74) is 1.54. The van der Waals surface area contributed by atoms with Gasteiger partial charge in [-0.2, -0.15) is 0 Å². The molecule has 0 fully saturated rings. The number of hydrogen-bond acceptors (Lipinski definition) is 4. The smallest absolute Gasteiger partial charge is 0.290 e. The SMILES string of the molecule is Cc1ccc2oc3c(c(=O)c2c1)[C@@H](c1ccccc1F)N(CCCN(C)C)C3=O. The van der Waals surface area contributed by atoms with E-state index in [1.165, 1.54) is 6.07 Å². The molecule has 150 valence electrons. The topological polar surface area (TPSA) is 53.8 Å². The number of rotatable bonds is 5. The highest BCUT2D eigenvalue weighted by atomic mass is 19.1. The lowest BCUT2D eigenvalue weighted by Gasteiger charge is -2.26. The van der Waals surface area contributed by atoms with Gasteiger partial charge in [0.25, 0.3) is 5.91 Å². The number of amides is 1. The molecule has 5 nitrogen and oxygen atoms in total. The van der Waals surface area contributed by atoms with Gasteiger partial charge in [0.05, 0.1) is 17.0 Å². The van der Waals surface area contributed by atoms with Crippen molar-refractivity contribution in [1.29, 1.82) is 0 Å². The number of nitrogens with zero attached hydrogens (tertiary/aromatic N) is 2. The van der Waals surface area contributed by atoms with Crippen LogP contribution in [0.25, 0.3) is 11.0 Å². The van der Waals surface area contributed by atoms with Crippen LogP contribution in [0.2, 0.25) is 0 Å². The lowest BCUT2D eigenvalue weighted by molar-refractivity contribution is 0.0720. The molecular weight excluding hydrogens is 371 g/mol. The Hall–Kier alpha value is -2.99. The Labute approximate surface area is 168 Å². The van der Waals surface area contributed by atoms with Gasteiger partial charge in [0, 0.05) is 12.1 Å². The minimum atomic E-state index is -0.790. The molecule has 29 heavy (non-hydrogen) atoms. The fourth-order valence-electron chi connectivity index (χ4n) is 3.94. The number of aryl methyl sites for hydroxylation is 1. The Morgan fingerprint density at radius 3 is 2.62 bits per heavy atom. The van der Waals surface area contributed by atoms with Crippen molar-refractivity contribution in [2.45, 2.75) is 19.4 Å². The van der Waals surface area contributed by atoms with Crippen molar-refractivity contribution in [3.63, 3.8) is 0 Å². The van der Waals surface area contributed by atoms with Crippen molar-refractivity contribution in [3.05, 3.63) is 81.0 Å². The first-order valence-electron chi connectivity index (χ1n) is 9.66. The van der Waals surface area contributed by atoms with E-state index in [1.54, 1.807) is 35.2 Å². The summed E-state index contributed by atoms with van der Waals surface area (Å²) in [6.07, 6.45) is 0.699. The zero-order valence-corrected chi connectivity index (χ0v) is 16.7. The molecule has 0 saturated carbocycles. The van der Waals surface area contributed by atoms with Crippen LogP contribution in [-0.2, 0) is 0 Å². The van der Waals surface area contributed by atoms with Gasteiger partial charge in [-0.05, 0) is 52.2 Å². The van der Waals surface area contributed by atoms with E-state index in [0.717, 1.165) is 12.1 Å². The molecule has 0 radical (unpaired) electrons. The van der Waals surface area contributed by atoms with Crippen LogP contribution in [-0.4, -0.2) is 42.9 Å². The number of halogens is 1. The van der Waals surface area contributed by atoms with Gasteiger partial charge in [0.15, 0.2) is 5.43 Å². The highest BCUT2D eigenvalue weighted by molar-refractivity contribution is 5.99. The van der Waals surface area contributed by atoms with E-state index in [0.29, 0.717) is 29.5 Å². The van der Waals surface area contributed by atoms with Gasteiger partial charge in [0.1, 0.15) is 11.4 Å². The van der Waals surface area contributed by atoms with E-state index in [-0.39, 0.29) is 22.7 Å². The van der Waals surface area contributed by atoms with Crippen molar-refractivity contribution in [3.8, 4) is 0 Å². The van der Waals surface area contributed by atoms with E-state index < -0.39 is 11.9 Å². The predicted octanol–water partition coefficient (Wildman–Crippen LogP) is 3.74. The lowest BCUT2D eigenvalue weighted by atomic mass is 9.97. The molecule has 1 aliphatic rings. The van der Waals surface area contributed by atoms with Crippen LogP contribution in [0.3, 0.4) is 0 Å². The van der Waals surface area contributed by atoms with Crippen LogP contribution in [0.15, 0.2) is 51.7 Å². The average Bonchev–Trinajstić information content (AvgIpc) is 2.95. The Kier molecular flexibility index (Phi) is 4.96. The molecule has 4 rings (SSSR count). The van der Waals surface area contributed by atoms with Crippen LogP contribution >= 0.6 is 0 Å². The average molecular weight is 394 g/mol. The molecule has 6 heteroatoms. The van der Waals surface area contributed by atoms with Crippen LogP contribution < -0.4 is 5.43 Å². The highest BCUT2D eigenvalue weighted by Crippen LogP contribution is 2.39. The molecule has 0 unspecified atom stereocenters. The van der Waals surface area contributed by atoms with Crippen LogP contribution in [0.1, 0.15) is 39.7 Å². The Balaban J connectivity index is 1.91. The van der Waals surface area contributed by atoms with Crippen molar-refractivity contribution in [1.82, 2.24) is 9.80 Å². The first-order chi connectivity index (χ1) is 13.9. The molecule has 1 aromatic heterocycles. The monoisotopic (exact) mass is 394 g/mol. The standard InChI is InChI=1S/C23H23FN2O3/c1-14-9-10-18-16(13-14)21(27)19-20(15-7-4-5-8-17(15)24)26(12-6-11-25(2)3)23(28)22(19)29-18/h4-5,7-10,13,20H,6,11-12H2,1-3H3/t20-/m1/s1. The molecular formula is C23H23FN2O3. The molecule has 1 atom stereocenters. The molecule has 0 saturated heterocycles. The third kappa shape index (κ3) is 3.34. The number of carbonyl (C=O) groups excluding carboxylic acids is 1. The van der Waals surface area contributed by atoms with Gasteiger partial charge in [0.2, 0.25) is 5.76 Å². The maximum Gasteiger partial charge on any atom is 0.290 e. The predicted molar refractivity (Wildman–Crippen MR) is 110 cm³/mol. The normalized spacial score (nSPS) is 16.1. The zero-order valence-electron chi connectivity index (χ0n) is 16.7. The zero-order chi connectivity index (χ0) is 20.7. The molecule has 1 aliphatic heterocycles. The fourth-order valence-corrected chi connectivity index (χ4v) is 3.94. The van der Waals surface area contributed by atoms with Crippen molar-refractivity contribution < 1.29 is 13.6 Å². The first-order valence-corrected chi connectivity index (χ1v) is 9.66. The first kappa shape index (κ1) is 19.3. The highest BCUT2D eigenvalue weighted by Gasteiger charge is 2.43. The lowest BCUT2D eigenvalue weighted by Crippen LogP contribution is -2.32. The number of benzene rings is 2.